The molecular weight excluding hydrogens is 256 g/mol. The van der Waals surface area contributed by atoms with Crippen molar-refractivity contribution in [3.63, 3.8) is 0 Å². The van der Waals surface area contributed by atoms with Gasteiger partial charge in [0.25, 0.3) is 0 Å². The van der Waals surface area contributed by atoms with Crippen LogP contribution in [0.1, 0.15) is 10.4 Å². The van der Waals surface area contributed by atoms with Crippen LogP contribution < -0.4 is 4.74 Å². The van der Waals surface area contributed by atoms with E-state index in [9.17, 15) is 14.7 Å². The average molecular weight is 264 g/mol. The van der Waals surface area contributed by atoms with Gasteiger partial charge in [-0.25, -0.2) is 4.79 Å². The zero-order valence-electron chi connectivity index (χ0n) is 8.99. The molecular formula is C12H8O5S. The van der Waals surface area contributed by atoms with Gasteiger partial charge in [0, 0.05) is 4.88 Å². The molecule has 0 radical (unpaired) electrons. The number of aromatic hydroxyl groups is 1. The van der Waals surface area contributed by atoms with E-state index in [4.69, 9.17) is 5.11 Å². The summed E-state index contributed by atoms with van der Waals surface area (Å²) in [5.41, 5.74) is 0.596. The minimum absolute atomic E-state index is 0.0165. The van der Waals surface area contributed by atoms with E-state index < -0.39 is 11.9 Å². The number of thiophene rings is 1. The molecule has 0 amide bonds. The first-order valence-electron chi connectivity index (χ1n) is 4.88. The lowest BCUT2D eigenvalue weighted by atomic mass is 10.1. The molecule has 2 rings (SSSR count). The fourth-order valence-electron chi connectivity index (χ4n) is 1.48. The van der Waals surface area contributed by atoms with Crippen molar-refractivity contribution in [3.05, 3.63) is 35.2 Å². The van der Waals surface area contributed by atoms with Crippen molar-refractivity contribution in [2.24, 2.45) is 0 Å². The Morgan fingerprint density at radius 2 is 2.17 bits per heavy atom. The van der Waals surface area contributed by atoms with Gasteiger partial charge in [-0.05, 0) is 29.1 Å². The normalized spacial score (nSPS) is 10.0. The summed E-state index contributed by atoms with van der Waals surface area (Å²) < 4.78 is 4.44. The lowest BCUT2D eigenvalue weighted by molar-refractivity contribution is 0.111. The van der Waals surface area contributed by atoms with Crippen molar-refractivity contribution in [3.8, 4) is 21.9 Å². The second kappa shape index (κ2) is 4.89. The third kappa shape index (κ3) is 2.33. The smallest absolute Gasteiger partial charge is 0.504 e. The molecule has 0 aliphatic carbocycles. The Labute approximate surface area is 106 Å². The molecule has 2 aromatic rings. The van der Waals surface area contributed by atoms with E-state index in [1.165, 1.54) is 23.5 Å². The van der Waals surface area contributed by atoms with Crippen molar-refractivity contribution in [1.29, 1.82) is 0 Å². The summed E-state index contributed by atoms with van der Waals surface area (Å²) in [5.74, 6) is -0.733. The minimum Gasteiger partial charge on any atom is -0.504 e. The van der Waals surface area contributed by atoms with E-state index in [2.05, 4.69) is 4.74 Å². The molecule has 2 N–H and O–H groups in total. The van der Waals surface area contributed by atoms with Crippen LogP contribution in [0.4, 0.5) is 4.79 Å². The van der Waals surface area contributed by atoms with Crippen LogP contribution in [0.15, 0.2) is 29.6 Å². The van der Waals surface area contributed by atoms with Crippen molar-refractivity contribution in [1.82, 2.24) is 0 Å². The average Bonchev–Trinajstić information content (AvgIpc) is 2.84. The summed E-state index contributed by atoms with van der Waals surface area (Å²) in [6, 6.07) is 6.49. The molecule has 0 unspecified atom stereocenters. The number of hydrogen-bond donors (Lipinski definition) is 2. The Hall–Kier alpha value is -2.34. The molecule has 6 heteroatoms. The summed E-state index contributed by atoms with van der Waals surface area (Å²) >= 11 is 1.43. The molecule has 0 atom stereocenters. The highest BCUT2D eigenvalue weighted by atomic mass is 32.1. The van der Waals surface area contributed by atoms with Gasteiger partial charge in [-0.1, -0.05) is 6.07 Å². The number of phenolic OH excluding ortho intramolecular Hbond substituents is 1. The number of hydrogen-bond acceptors (Lipinski definition) is 5. The first kappa shape index (κ1) is 12.1. The standard InChI is InChI=1S/C12H8O5S/c13-6-8-4-7(10-2-1-3-18-10)5-9(11(8)14)17-12(15)16/h1-6,14H,(H,15,16). The van der Waals surface area contributed by atoms with E-state index in [-0.39, 0.29) is 11.3 Å². The van der Waals surface area contributed by atoms with Gasteiger partial charge in [-0.2, -0.15) is 0 Å². The summed E-state index contributed by atoms with van der Waals surface area (Å²) in [6.07, 6.45) is -1.10. The molecule has 0 saturated carbocycles. The lowest BCUT2D eigenvalue weighted by Gasteiger charge is -2.07. The molecule has 0 aliphatic heterocycles. The Morgan fingerprint density at radius 3 is 2.72 bits per heavy atom. The van der Waals surface area contributed by atoms with Crippen LogP contribution in [0.5, 0.6) is 11.5 Å². The first-order chi connectivity index (χ1) is 8.61. The zero-order valence-corrected chi connectivity index (χ0v) is 9.81. The fraction of sp³-hybridized carbons (Fsp3) is 0. The SMILES string of the molecule is O=Cc1cc(-c2cccs2)cc(OC(=O)O)c1O. The molecule has 5 nitrogen and oxygen atoms in total. The molecule has 0 bridgehead atoms. The molecule has 1 aromatic carbocycles. The number of rotatable bonds is 3. The van der Waals surface area contributed by atoms with Crippen LogP contribution in [0.2, 0.25) is 0 Å². The molecule has 0 spiro atoms. The van der Waals surface area contributed by atoms with Gasteiger partial charge in [0.15, 0.2) is 17.8 Å². The summed E-state index contributed by atoms with van der Waals surface area (Å²) in [7, 11) is 0. The summed E-state index contributed by atoms with van der Waals surface area (Å²) in [4.78, 5) is 22.2. The predicted molar refractivity (Wildman–Crippen MR) is 65.5 cm³/mol. The Bertz CT molecular complexity index is 589. The van der Waals surface area contributed by atoms with E-state index in [1.54, 1.807) is 0 Å². The highest BCUT2D eigenvalue weighted by molar-refractivity contribution is 7.13. The zero-order chi connectivity index (χ0) is 13.1. The molecule has 1 heterocycles. The van der Waals surface area contributed by atoms with Crippen LogP contribution >= 0.6 is 11.3 Å². The quantitative estimate of drug-likeness (QED) is 0.505. The first-order valence-corrected chi connectivity index (χ1v) is 5.76. The second-order valence-corrected chi connectivity index (χ2v) is 4.32. The fourth-order valence-corrected chi connectivity index (χ4v) is 2.19. The number of carbonyl (C=O) groups excluding carboxylic acids is 1. The van der Waals surface area contributed by atoms with Crippen molar-refractivity contribution >= 4 is 23.8 Å². The third-order valence-electron chi connectivity index (χ3n) is 2.23. The predicted octanol–water partition coefficient (Wildman–Crippen LogP) is 2.99. The van der Waals surface area contributed by atoms with Crippen molar-refractivity contribution < 1.29 is 24.5 Å². The topological polar surface area (TPSA) is 83.8 Å². The van der Waals surface area contributed by atoms with Gasteiger partial charge >= 0.3 is 6.16 Å². The van der Waals surface area contributed by atoms with Gasteiger partial charge in [-0.3, -0.25) is 4.79 Å². The van der Waals surface area contributed by atoms with E-state index >= 15 is 0 Å². The van der Waals surface area contributed by atoms with Gasteiger partial charge in [-0.15, -0.1) is 11.3 Å². The Balaban J connectivity index is 2.56. The molecule has 1 aromatic heterocycles. The number of aldehydes is 1. The number of carboxylic acid groups (broad SMARTS) is 1. The highest BCUT2D eigenvalue weighted by Crippen LogP contribution is 2.36. The van der Waals surface area contributed by atoms with E-state index in [0.717, 1.165) is 4.88 Å². The van der Waals surface area contributed by atoms with Gasteiger partial charge in [0.1, 0.15) is 0 Å². The number of phenols is 1. The monoisotopic (exact) mass is 264 g/mol. The maximum Gasteiger partial charge on any atom is 0.511 e. The molecule has 18 heavy (non-hydrogen) atoms. The van der Waals surface area contributed by atoms with Gasteiger partial charge < -0.3 is 14.9 Å². The molecule has 0 saturated heterocycles. The van der Waals surface area contributed by atoms with Crippen LogP contribution in [-0.2, 0) is 0 Å². The lowest BCUT2D eigenvalue weighted by Crippen LogP contribution is -2.04. The maximum atomic E-state index is 10.8. The van der Waals surface area contributed by atoms with Crippen molar-refractivity contribution in [2.45, 2.75) is 0 Å². The largest absolute Gasteiger partial charge is 0.511 e. The number of ether oxygens (including phenoxy) is 1. The van der Waals surface area contributed by atoms with Crippen LogP contribution in [0.3, 0.4) is 0 Å². The van der Waals surface area contributed by atoms with Crippen LogP contribution in [-0.4, -0.2) is 22.7 Å². The maximum absolute atomic E-state index is 10.8. The van der Waals surface area contributed by atoms with E-state index in [0.29, 0.717) is 11.8 Å². The van der Waals surface area contributed by atoms with Crippen molar-refractivity contribution in [2.75, 3.05) is 0 Å². The number of benzene rings is 1. The summed E-state index contributed by atoms with van der Waals surface area (Å²) in [6.45, 7) is 0. The highest BCUT2D eigenvalue weighted by Gasteiger charge is 2.14. The minimum atomic E-state index is -1.55. The number of carbonyl (C=O) groups is 2. The van der Waals surface area contributed by atoms with E-state index in [1.807, 2.05) is 17.5 Å². The second-order valence-electron chi connectivity index (χ2n) is 3.38. The third-order valence-corrected chi connectivity index (χ3v) is 3.15. The Morgan fingerprint density at radius 1 is 1.39 bits per heavy atom. The van der Waals surface area contributed by atoms with Gasteiger partial charge in [0.05, 0.1) is 5.56 Å². The molecule has 92 valence electrons. The van der Waals surface area contributed by atoms with Crippen LogP contribution in [0, 0.1) is 0 Å². The van der Waals surface area contributed by atoms with Gasteiger partial charge in [0.2, 0.25) is 0 Å². The molecule has 0 fully saturated rings. The molecule has 0 aliphatic rings. The van der Waals surface area contributed by atoms with Crippen LogP contribution in [0.25, 0.3) is 10.4 Å². The Kier molecular flexibility index (Phi) is 3.29. The summed E-state index contributed by atoms with van der Waals surface area (Å²) in [5, 5.41) is 20.0.